The maximum Gasteiger partial charge on any atom is 0.318 e. The lowest BCUT2D eigenvalue weighted by Crippen LogP contribution is -2.27. The quantitative estimate of drug-likeness (QED) is 0.690. The Hall–Kier alpha value is -1.14. The highest BCUT2D eigenvalue weighted by atomic mass is 16.4. The number of hydrogen-bond donors (Lipinski definition) is 2. The standard InChI is InChI=1S/C11H20N4O2/c1-2-5-15(6-7-16)11-14-13-10(17-11)8-12-9-3-4-9/h9,12,16H,2-8H2,1H3. The molecule has 0 atom stereocenters. The van der Waals surface area contributed by atoms with Crippen LogP contribution in [-0.2, 0) is 6.54 Å². The van der Waals surface area contributed by atoms with E-state index in [-0.39, 0.29) is 6.61 Å². The highest BCUT2D eigenvalue weighted by molar-refractivity contribution is 5.23. The number of hydrogen-bond acceptors (Lipinski definition) is 6. The Morgan fingerprint density at radius 2 is 2.24 bits per heavy atom. The number of anilines is 1. The molecule has 6 nitrogen and oxygen atoms in total. The van der Waals surface area contributed by atoms with E-state index >= 15 is 0 Å². The van der Waals surface area contributed by atoms with Crippen LogP contribution in [-0.4, -0.2) is 41.0 Å². The van der Waals surface area contributed by atoms with E-state index in [1.54, 1.807) is 0 Å². The lowest BCUT2D eigenvalue weighted by Gasteiger charge is -2.17. The molecule has 0 saturated heterocycles. The van der Waals surface area contributed by atoms with E-state index in [1.165, 1.54) is 12.8 Å². The lowest BCUT2D eigenvalue weighted by molar-refractivity contribution is 0.298. The molecule has 1 saturated carbocycles. The summed E-state index contributed by atoms with van der Waals surface area (Å²) in [5.74, 6) is 0.617. The van der Waals surface area contributed by atoms with E-state index in [2.05, 4.69) is 22.4 Å². The number of aromatic nitrogens is 2. The molecule has 0 spiro atoms. The van der Waals surface area contributed by atoms with Crippen molar-refractivity contribution in [2.24, 2.45) is 0 Å². The molecule has 0 unspecified atom stereocenters. The summed E-state index contributed by atoms with van der Waals surface area (Å²) in [6, 6.07) is 1.14. The van der Waals surface area contributed by atoms with Crippen molar-refractivity contribution in [1.82, 2.24) is 15.5 Å². The second-order valence-corrected chi connectivity index (χ2v) is 4.34. The van der Waals surface area contributed by atoms with Crippen molar-refractivity contribution < 1.29 is 9.52 Å². The predicted octanol–water partition coefficient (Wildman–Crippen LogP) is 0.530. The molecule has 2 N–H and O–H groups in total. The van der Waals surface area contributed by atoms with Crippen LogP contribution < -0.4 is 10.2 Å². The minimum absolute atomic E-state index is 0.0953. The fourth-order valence-electron chi connectivity index (χ4n) is 1.66. The van der Waals surface area contributed by atoms with Gasteiger partial charge in [-0.05, 0) is 19.3 Å². The normalized spacial score (nSPS) is 15.2. The van der Waals surface area contributed by atoms with Gasteiger partial charge in [-0.25, -0.2) is 0 Å². The summed E-state index contributed by atoms with van der Waals surface area (Å²) in [4.78, 5) is 1.91. The number of nitrogens with zero attached hydrogens (tertiary/aromatic N) is 3. The first-order valence-electron chi connectivity index (χ1n) is 6.25. The SMILES string of the molecule is CCCN(CCO)c1nnc(CNC2CC2)o1. The molecule has 96 valence electrons. The summed E-state index contributed by atoms with van der Waals surface area (Å²) in [5, 5.41) is 20.3. The van der Waals surface area contributed by atoms with Crippen LogP contribution >= 0.6 is 0 Å². The van der Waals surface area contributed by atoms with Crippen LogP contribution in [0.15, 0.2) is 4.42 Å². The largest absolute Gasteiger partial charge is 0.407 e. The zero-order valence-electron chi connectivity index (χ0n) is 10.2. The molecule has 1 aliphatic rings. The minimum atomic E-state index is 0.0953. The van der Waals surface area contributed by atoms with E-state index in [1.807, 2.05) is 4.90 Å². The van der Waals surface area contributed by atoms with E-state index in [0.29, 0.717) is 31.0 Å². The molecule has 1 aliphatic carbocycles. The molecule has 17 heavy (non-hydrogen) atoms. The van der Waals surface area contributed by atoms with Crippen LogP contribution in [0, 0.1) is 0 Å². The number of aliphatic hydroxyl groups is 1. The Bertz CT molecular complexity index is 332. The van der Waals surface area contributed by atoms with E-state index in [4.69, 9.17) is 9.52 Å². The highest BCUT2D eigenvalue weighted by Crippen LogP contribution is 2.19. The molecule has 1 heterocycles. The average Bonchev–Trinajstić information content (AvgIpc) is 3.04. The number of rotatable bonds is 8. The molecule has 6 heteroatoms. The van der Waals surface area contributed by atoms with E-state index in [9.17, 15) is 0 Å². The van der Waals surface area contributed by atoms with E-state index in [0.717, 1.165) is 13.0 Å². The topological polar surface area (TPSA) is 74.4 Å². The summed E-state index contributed by atoms with van der Waals surface area (Å²) in [6.45, 7) is 4.16. The Morgan fingerprint density at radius 1 is 1.41 bits per heavy atom. The van der Waals surface area contributed by atoms with Crippen LogP contribution in [0.5, 0.6) is 0 Å². The predicted molar refractivity (Wildman–Crippen MR) is 63.7 cm³/mol. The molecule has 1 fully saturated rings. The van der Waals surface area contributed by atoms with Gasteiger partial charge in [0.25, 0.3) is 0 Å². The Labute approximate surface area is 101 Å². The summed E-state index contributed by atoms with van der Waals surface area (Å²) in [6.07, 6.45) is 3.47. The summed E-state index contributed by atoms with van der Waals surface area (Å²) in [7, 11) is 0. The molecular weight excluding hydrogens is 220 g/mol. The van der Waals surface area contributed by atoms with Gasteiger partial charge in [0.2, 0.25) is 5.89 Å². The molecule has 1 aromatic rings. The van der Waals surface area contributed by atoms with Crippen molar-refractivity contribution >= 4 is 6.01 Å². The first-order chi connectivity index (χ1) is 8.33. The molecule has 0 aliphatic heterocycles. The molecule has 0 bridgehead atoms. The van der Waals surface area contributed by atoms with Gasteiger partial charge in [0.1, 0.15) is 0 Å². The van der Waals surface area contributed by atoms with Gasteiger partial charge in [-0.3, -0.25) is 0 Å². The zero-order chi connectivity index (χ0) is 12.1. The third-order valence-electron chi connectivity index (χ3n) is 2.71. The van der Waals surface area contributed by atoms with Crippen molar-refractivity contribution in [3.05, 3.63) is 5.89 Å². The van der Waals surface area contributed by atoms with Gasteiger partial charge in [-0.2, -0.15) is 0 Å². The van der Waals surface area contributed by atoms with Gasteiger partial charge in [0.15, 0.2) is 0 Å². The third-order valence-corrected chi connectivity index (χ3v) is 2.71. The Balaban J connectivity index is 1.88. The van der Waals surface area contributed by atoms with E-state index < -0.39 is 0 Å². The van der Waals surface area contributed by atoms with Crippen molar-refractivity contribution in [1.29, 1.82) is 0 Å². The Morgan fingerprint density at radius 3 is 2.88 bits per heavy atom. The molecule has 1 aromatic heterocycles. The van der Waals surface area contributed by atoms with Crippen LogP contribution in [0.2, 0.25) is 0 Å². The molecule has 0 amide bonds. The fourth-order valence-corrected chi connectivity index (χ4v) is 1.66. The van der Waals surface area contributed by atoms with Crippen molar-refractivity contribution in [2.45, 2.75) is 38.8 Å². The van der Waals surface area contributed by atoms with Crippen LogP contribution in [0.3, 0.4) is 0 Å². The summed E-state index contributed by atoms with van der Waals surface area (Å²) in [5.41, 5.74) is 0. The van der Waals surface area contributed by atoms with Crippen molar-refractivity contribution in [3.8, 4) is 0 Å². The minimum Gasteiger partial charge on any atom is -0.407 e. The highest BCUT2D eigenvalue weighted by Gasteiger charge is 2.21. The van der Waals surface area contributed by atoms with Gasteiger partial charge >= 0.3 is 6.01 Å². The smallest absolute Gasteiger partial charge is 0.318 e. The van der Waals surface area contributed by atoms with Gasteiger partial charge < -0.3 is 19.7 Å². The second kappa shape index (κ2) is 5.97. The van der Waals surface area contributed by atoms with Crippen LogP contribution in [0.4, 0.5) is 6.01 Å². The Kier molecular flexibility index (Phi) is 4.33. The zero-order valence-corrected chi connectivity index (χ0v) is 10.2. The summed E-state index contributed by atoms with van der Waals surface area (Å²) < 4.78 is 5.56. The van der Waals surface area contributed by atoms with Gasteiger partial charge in [0.05, 0.1) is 13.2 Å². The fraction of sp³-hybridized carbons (Fsp3) is 0.818. The first-order valence-corrected chi connectivity index (χ1v) is 6.25. The van der Waals surface area contributed by atoms with Crippen molar-refractivity contribution in [3.63, 3.8) is 0 Å². The van der Waals surface area contributed by atoms with Crippen LogP contribution in [0.1, 0.15) is 32.1 Å². The number of aliphatic hydroxyl groups excluding tert-OH is 1. The second-order valence-electron chi connectivity index (χ2n) is 4.34. The first kappa shape index (κ1) is 12.3. The molecule has 0 aromatic carbocycles. The average molecular weight is 240 g/mol. The maximum atomic E-state index is 8.97. The van der Waals surface area contributed by atoms with Gasteiger partial charge in [-0.15, -0.1) is 5.10 Å². The third kappa shape index (κ3) is 3.67. The number of nitrogens with one attached hydrogen (secondary N) is 1. The molecular formula is C11H20N4O2. The van der Waals surface area contributed by atoms with Gasteiger partial charge in [-0.1, -0.05) is 12.0 Å². The lowest BCUT2D eigenvalue weighted by atomic mass is 10.4. The molecule has 0 radical (unpaired) electrons. The van der Waals surface area contributed by atoms with Crippen molar-refractivity contribution in [2.75, 3.05) is 24.6 Å². The van der Waals surface area contributed by atoms with Gasteiger partial charge in [0, 0.05) is 19.1 Å². The van der Waals surface area contributed by atoms with Crippen LogP contribution in [0.25, 0.3) is 0 Å². The molecule has 2 rings (SSSR count). The summed E-state index contributed by atoms with van der Waals surface area (Å²) >= 11 is 0. The maximum absolute atomic E-state index is 8.97. The monoisotopic (exact) mass is 240 g/mol.